The van der Waals surface area contributed by atoms with E-state index in [0.29, 0.717) is 12.0 Å². The van der Waals surface area contributed by atoms with Gasteiger partial charge in [-0.25, -0.2) is 0 Å². The minimum atomic E-state index is -1.27. The van der Waals surface area contributed by atoms with Crippen molar-refractivity contribution in [2.24, 2.45) is 17.8 Å². The molecule has 3 fully saturated rings. The SMILES string of the molecule is C=CCN(C(=O)C1N([C@H](CO)c2ccccc2)C(=O)[C@@H]2[C@@H](C(=O)OCC)[C@]3(C)OC12CC3C)c1c(C)cccc1C. The number of aliphatic hydroxyl groups excluding tert-OH is 1. The first-order chi connectivity index (χ1) is 19.6. The normalized spacial score (nSPS) is 30.7. The predicted octanol–water partition coefficient (Wildman–Crippen LogP) is 4.13. The molecule has 2 aromatic rings. The van der Waals surface area contributed by atoms with E-state index in [4.69, 9.17) is 9.47 Å². The van der Waals surface area contributed by atoms with Gasteiger partial charge in [0.25, 0.3) is 5.91 Å². The first kappa shape index (κ1) is 29.0. The Bertz CT molecular complexity index is 1340. The summed E-state index contributed by atoms with van der Waals surface area (Å²) in [6.07, 6.45) is 2.09. The average molecular weight is 561 g/mol. The number of rotatable bonds is 9. The number of anilines is 1. The summed E-state index contributed by atoms with van der Waals surface area (Å²) in [4.78, 5) is 46.3. The lowest BCUT2D eigenvalue weighted by Crippen LogP contribution is -2.57. The largest absolute Gasteiger partial charge is 0.466 e. The zero-order valence-electron chi connectivity index (χ0n) is 24.5. The molecule has 3 unspecified atom stereocenters. The van der Waals surface area contributed by atoms with Gasteiger partial charge in [0.2, 0.25) is 5.91 Å². The first-order valence-electron chi connectivity index (χ1n) is 14.4. The third kappa shape index (κ3) is 4.22. The Kier molecular flexibility index (Phi) is 7.59. The van der Waals surface area contributed by atoms with Crippen LogP contribution in [0, 0.1) is 31.6 Å². The topological polar surface area (TPSA) is 96.4 Å². The number of aliphatic hydroxyl groups is 1. The van der Waals surface area contributed by atoms with Gasteiger partial charge in [-0.1, -0.05) is 61.5 Å². The fraction of sp³-hybridized carbons (Fsp3) is 0.485. The van der Waals surface area contributed by atoms with Crippen molar-refractivity contribution in [3.05, 3.63) is 77.9 Å². The van der Waals surface area contributed by atoms with Crippen molar-refractivity contribution in [1.82, 2.24) is 4.90 Å². The van der Waals surface area contributed by atoms with Crippen LogP contribution >= 0.6 is 0 Å². The molecular formula is C33H40N2O6. The van der Waals surface area contributed by atoms with Crippen LogP contribution in [0.15, 0.2) is 61.2 Å². The van der Waals surface area contributed by atoms with Gasteiger partial charge in [-0.05, 0) is 56.7 Å². The second kappa shape index (κ2) is 10.7. The molecule has 5 rings (SSSR count). The van der Waals surface area contributed by atoms with E-state index in [1.165, 1.54) is 4.90 Å². The van der Waals surface area contributed by atoms with Gasteiger partial charge in [0.05, 0.1) is 30.8 Å². The Balaban J connectivity index is 1.72. The number of likely N-dealkylation sites (tertiary alicyclic amines) is 1. The van der Waals surface area contributed by atoms with Crippen LogP contribution in [0.3, 0.4) is 0 Å². The highest BCUT2D eigenvalue weighted by Gasteiger charge is 2.81. The van der Waals surface area contributed by atoms with Gasteiger partial charge in [0.15, 0.2) is 0 Å². The van der Waals surface area contributed by atoms with Crippen molar-refractivity contribution in [2.45, 2.75) is 64.3 Å². The van der Waals surface area contributed by atoms with Crippen LogP contribution in [0.1, 0.15) is 49.9 Å². The summed E-state index contributed by atoms with van der Waals surface area (Å²) in [5.41, 5.74) is 1.03. The summed E-state index contributed by atoms with van der Waals surface area (Å²) in [6, 6.07) is 13.1. The fourth-order valence-corrected chi connectivity index (χ4v) is 7.71. The molecule has 0 aliphatic carbocycles. The number of hydrogen-bond donors (Lipinski definition) is 1. The van der Waals surface area contributed by atoms with E-state index < -0.39 is 47.7 Å². The van der Waals surface area contributed by atoms with Crippen LogP contribution in [0.4, 0.5) is 5.69 Å². The molecule has 3 heterocycles. The van der Waals surface area contributed by atoms with Crippen molar-refractivity contribution < 1.29 is 29.0 Å². The molecule has 3 aliphatic heterocycles. The lowest BCUT2D eigenvalue weighted by Gasteiger charge is -2.40. The van der Waals surface area contributed by atoms with E-state index in [1.54, 1.807) is 17.9 Å². The fourth-order valence-electron chi connectivity index (χ4n) is 7.71. The highest BCUT2D eigenvalue weighted by Crippen LogP contribution is 2.66. The summed E-state index contributed by atoms with van der Waals surface area (Å²) < 4.78 is 12.3. The minimum absolute atomic E-state index is 0.117. The smallest absolute Gasteiger partial charge is 0.312 e. The van der Waals surface area contributed by atoms with E-state index in [2.05, 4.69) is 6.58 Å². The van der Waals surface area contributed by atoms with Crippen molar-refractivity contribution in [1.29, 1.82) is 0 Å². The number of amides is 2. The van der Waals surface area contributed by atoms with Crippen LogP contribution in [-0.4, -0.2) is 64.8 Å². The first-order valence-corrected chi connectivity index (χ1v) is 14.4. The van der Waals surface area contributed by atoms with Crippen LogP contribution in [-0.2, 0) is 23.9 Å². The van der Waals surface area contributed by atoms with Crippen molar-refractivity contribution in [2.75, 3.05) is 24.7 Å². The number of nitrogens with zero attached hydrogens (tertiary/aromatic N) is 2. The molecule has 41 heavy (non-hydrogen) atoms. The maximum atomic E-state index is 15.0. The molecule has 3 saturated heterocycles. The van der Waals surface area contributed by atoms with E-state index in [0.717, 1.165) is 16.8 Å². The molecule has 8 nitrogen and oxygen atoms in total. The van der Waals surface area contributed by atoms with Gasteiger partial charge in [-0.15, -0.1) is 6.58 Å². The van der Waals surface area contributed by atoms with Crippen molar-refractivity contribution >= 4 is 23.5 Å². The molecule has 2 bridgehead atoms. The lowest BCUT2D eigenvalue weighted by atomic mass is 9.62. The second-order valence-electron chi connectivity index (χ2n) is 11.8. The quantitative estimate of drug-likeness (QED) is 0.366. The summed E-state index contributed by atoms with van der Waals surface area (Å²) in [5, 5.41) is 10.7. The zero-order valence-corrected chi connectivity index (χ0v) is 24.5. The highest BCUT2D eigenvalue weighted by molar-refractivity contribution is 6.05. The Hall–Kier alpha value is -3.49. The van der Waals surface area contributed by atoms with E-state index in [-0.39, 0.29) is 30.9 Å². The van der Waals surface area contributed by atoms with Gasteiger partial charge >= 0.3 is 5.97 Å². The molecule has 218 valence electrons. The van der Waals surface area contributed by atoms with Crippen LogP contribution < -0.4 is 4.90 Å². The van der Waals surface area contributed by atoms with Crippen LogP contribution in [0.2, 0.25) is 0 Å². The lowest BCUT2D eigenvalue weighted by molar-refractivity contribution is -0.162. The molecule has 0 aromatic heterocycles. The molecule has 0 radical (unpaired) electrons. The molecule has 2 aromatic carbocycles. The number of hydrogen-bond acceptors (Lipinski definition) is 6. The summed E-state index contributed by atoms with van der Waals surface area (Å²) in [5.74, 6) is -3.10. The van der Waals surface area contributed by atoms with Gasteiger partial charge in [-0.2, -0.15) is 0 Å². The Morgan fingerprint density at radius 2 is 1.85 bits per heavy atom. The van der Waals surface area contributed by atoms with Gasteiger partial charge in [0, 0.05) is 12.2 Å². The summed E-state index contributed by atoms with van der Waals surface area (Å²) >= 11 is 0. The van der Waals surface area contributed by atoms with E-state index in [1.807, 2.05) is 76.2 Å². The highest BCUT2D eigenvalue weighted by atomic mass is 16.6. The number of esters is 1. The molecule has 7 atom stereocenters. The third-order valence-electron chi connectivity index (χ3n) is 9.51. The molecule has 2 amide bonds. The number of para-hydroxylation sites is 1. The third-order valence-corrected chi connectivity index (χ3v) is 9.51. The maximum absolute atomic E-state index is 15.0. The van der Waals surface area contributed by atoms with Crippen molar-refractivity contribution in [3.63, 3.8) is 0 Å². The molecular weight excluding hydrogens is 520 g/mol. The molecule has 1 spiro atoms. The van der Waals surface area contributed by atoms with Gasteiger partial charge < -0.3 is 24.4 Å². The standard InChI is InChI=1S/C33H40N2O6/c1-7-17-34(27-20(3)13-12-14-21(27)4)30(38)28-33-18-22(5)32(6,41-33)26(31(39)40-8-2)25(33)29(37)35(28)24(19-36)23-15-10-9-11-16-23/h7,9-16,22,24-26,28,36H,1,8,17-19H2,2-6H3/t22?,24-,25+,26+,28?,32-,33?/m1/s1. The molecule has 1 N–H and O–H groups in total. The summed E-state index contributed by atoms with van der Waals surface area (Å²) in [7, 11) is 0. The summed E-state index contributed by atoms with van der Waals surface area (Å²) in [6.45, 7) is 13.4. The zero-order chi connectivity index (χ0) is 29.7. The molecule has 0 saturated carbocycles. The number of carbonyl (C=O) groups excluding carboxylic acids is 3. The van der Waals surface area contributed by atoms with Gasteiger partial charge in [-0.3, -0.25) is 14.4 Å². The second-order valence-corrected chi connectivity index (χ2v) is 11.8. The Labute approximate surface area is 241 Å². The maximum Gasteiger partial charge on any atom is 0.312 e. The number of aryl methyl sites for hydroxylation is 2. The Morgan fingerprint density at radius 3 is 2.44 bits per heavy atom. The van der Waals surface area contributed by atoms with E-state index >= 15 is 0 Å². The van der Waals surface area contributed by atoms with Crippen LogP contribution in [0.5, 0.6) is 0 Å². The molecule has 3 aliphatic rings. The monoisotopic (exact) mass is 560 g/mol. The number of fused-ring (bicyclic) bond motifs is 1. The number of ether oxygens (including phenoxy) is 2. The van der Waals surface area contributed by atoms with Crippen molar-refractivity contribution in [3.8, 4) is 0 Å². The van der Waals surface area contributed by atoms with E-state index in [9.17, 15) is 19.5 Å². The minimum Gasteiger partial charge on any atom is -0.466 e. The predicted molar refractivity (Wildman–Crippen MR) is 155 cm³/mol. The molecule has 8 heteroatoms. The average Bonchev–Trinajstić information content (AvgIpc) is 3.46. The van der Waals surface area contributed by atoms with Crippen LogP contribution in [0.25, 0.3) is 0 Å². The number of carbonyl (C=O) groups is 3. The Morgan fingerprint density at radius 1 is 1.20 bits per heavy atom. The van der Waals surface area contributed by atoms with Gasteiger partial charge in [0.1, 0.15) is 17.6 Å². The number of benzene rings is 2.